The Balaban J connectivity index is 1.46. The van der Waals surface area contributed by atoms with Gasteiger partial charge in [0.15, 0.2) is 0 Å². The largest absolute Gasteiger partial charge is 0.379 e. The van der Waals surface area contributed by atoms with E-state index in [-0.39, 0.29) is 37.0 Å². The monoisotopic (exact) mass is 325 g/mol. The summed E-state index contributed by atoms with van der Waals surface area (Å²) in [7, 11) is 0. The molecule has 2 heterocycles. The normalized spacial score (nSPS) is 28.4. The van der Waals surface area contributed by atoms with Crippen LogP contribution in [-0.4, -0.2) is 67.8 Å². The zero-order chi connectivity index (χ0) is 16.2. The second kappa shape index (κ2) is 7.27. The molecule has 23 heavy (non-hydrogen) atoms. The van der Waals surface area contributed by atoms with Crippen molar-refractivity contribution in [3.8, 4) is 0 Å². The van der Waals surface area contributed by atoms with Crippen LogP contribution in [0.4, 0.5) is 4.79 Å². The number of urea groups is 1. The molecule has 0 aromatic rings. The summed E-state index contributed by atoms with van der Waals surface area (Å²) in [5, 5.41) is 5.02. The topological polar surface area (TPSA) is 97.0 Å². The first kappa shape index (κ1) is 16.2. The van der Waals surface area contributed by atoms with Crippen LogP contribution < -0.4 is 10.6 Å². The maximum absolute atomic E-state index is 12.1. The van der Waals surface area contributed by atoms with E-state index in [4.69, 9.17) is 9.47 Å². The highest BCUT2D eigenvalue weighted by Crippen LogP contribution is 2.27. The lowest BCUT2D eigenvalue weighted by Crippen LogP contribution is -2.53. The van der Waals surface area contributed by atoms with Crippen molar-refractivity contribution >= 4 is 17.8 Å². The lowest BCUT2D eigenvalue weighted by molar-refractivity contribution is -0.127. The van der Waals surface area contributed by atoms with Crippen LogP contribution in [0.25, 0.3) is 0 Å². The van der Waals surface area contributed by atoms with Gasteiger partial charge in [0, 0.05) is 13.2 Å². The molecule has 128 valence electrons. The number of amides is 4. The van der Waals surface area contributed by atoms with Crippen LogP contribution in [-0.2, 0) is 19.1 Å². The standard InChI is InChI=1S/C15H23N3O5/c19-13(6-18-7-14(20)17-15(18)21)16-11-9-22-5-4-12(11)23-8-10-2-1-3-10/h10-12H,1-9H2,(H,16,19)(H,17,20,21)/t11-,12+/m1/s1. The van der Waals surface area contributed by atoms with Crippen LogP contribution >= 0.6 is 0 Å². The van der Waals surface area contributed by atoms with Crippen molar-refractivity contribution in [2.45, 2.75) is 37.8 Å². The summed E-state index contributed by atoms with van der Waals surface area (Å²) in [5.41, 5.74) is 0. The van der Waals surface area contributed by atoms with E-state index in [1.54, 1.807) is 0 Å². The summed E-state index contributed by atoms with van der Waals surface area (Å²) >= 11 is 0. The van der Waals surface area contributed by atoms with Gasteiger partial charge in [-0.15, -0.1) is 0 Å². The molecule has 3 aliphatic rings. The number of nitrogens with zero attached hydrogens (tertiary/aromatic N) is 1. The van der Waals surface area contributed by atoms with E-state index in [1.165, 1.54) is 24.2 Å². The summed E-state index contributed by atoms with van der Waals surface area (Å²) in [6.45, 7) is 1.56. The Morgan fingerprint density at radius 1 is 1.35 bits per heavy atom. The predicted octanol–water partition coefficient (Wildman–Crippen LogP) is -0.371. The van der Waals surface area contributed by atoms with Crippen molar-refractivity contribution in [1.29, 1.82) is 0 Å². The number of carbonyl (C=O) groups is 3. The smallest absolute Gasteiger partial charge is 0.325 e. The molecule has 3 rings (SSSR count). The third kappa shape index (κ3) is 4.20. The number of ether oxygens (including phenoxy) is 2. The van der Waals surface area contributed by atoms with Gasteiger partial charge in [-0.25, -0.2) is 4.79 Å². The van der Waals surface area contributed by atoms with Gasteiger partial charge >= 0.3 is 6.03 Å². The second-order valence-corrected chi connectivity index (χ2v) is 6.42. The summed E-state index contributed by atoms with van der Waals surface area (Å²) in [4.78, 5) is 35.9. The maximum atomic E-state index is 12.1. The molecule has 0 aromatic heterocycles. The molecule has 0 radical (unpaired) electrons. The molecule has 0 spiro atoms. The number of rotatable bonds is 6. The van der Waals surface area contributed by atoms with Gasteiger partial charge in [-0.1, -0.05) is 6.42 Å². The summed E-state index contributed by atoms with van der Waals surface area (Å²) in [6.07, 6.45) is 4.41. The molecule has 0 bridgehead atoms. The fourth-order valence-corrected chi connectivity index (χ4v) is 3.01. The lowest BCUT2D eigenvalue weighted by Gasteiger charge is -2.34. The van der Waals surface area contributed by atoms with Crippen LogP contribution in [0.3, 0.4) is 0 Å². The molecular formula is C15H23N3O5. The Kier molecular flexibility index (Phi) is 5.12. The molecule has 0 aromatic carbocycles. The lowest BCUT2D eigenvalue weighted by atomic mass is 9.86. The second-order valence-electron chi connectivity index (χ2n) is 6.42. The molecular weight excluding hydrogens is 302 g/mol. The highest BCUT2D eigenvalue weighted by molar-refractivity contribution is 6.03. The first-order valence-electron chi connectivity index (χ1n) is 8.19. The minimum absolute atomic E-state index is 0.0534. The molecule has 8 nitrogen and oxygen atoms in total. The fourth-order valence-electron chi connectivity index (χ4n) is 3.01. The minimum atomic E-state index is -0.525. The van der Waals surface area contributed by atoms with Crippen molar-refractivity contribution in [1.82, 2.24) is 15.5 Å². The fraction of sp³-hybridized carbons (Fsp3) is 0.800. The molecule has 2 N–H and O–H groups in total. The van der Waals surface area contributed by atoms with Crippen LogP contribution in [0, 0.1) is 5.92 Å². The van der Waals surface area contributed by atoms with E-state index in [1.807, 2.05) is 0 Å². The predicted molar refractivity (Wildman–Crippen MR) is 79.6 cm³/mol. The Morgan fingerprint density at radius 3 is 2.83 bits per heavy atom. The van der Waals surface area contributed by atoms with Gasteiger partial charge in [0.2, 0.25) is 11.8 Å². The Morgan fingerprint density at radius 2 is 2.17 bits per heavy atom. The first-order valence-corrected chi connectivity index (χ1v) is 8.19. The van der Waals surface area contributed by atoms with E-state index in [0.29, 0.717) is 19.1 Å². The summed E-state index contributed by atoms with van der Waals surface area (Å²) in [5.74, 6) is -0.0402. The molecule has 2 aliphatic heterocycles. The highest BCUT2D eigenvalue weighted by Gasteiger charge is 2.32. The number of nitrogens with one attached hydrogen (secondary N) is 2. The van der Waals surface area contributed by atoms with Gasteiger partial charge < -0.3 is 19.7 Å². The highest BCUT2D eigenvalue weighted by atomic mass is 16.5. The van der Waals surface area contributed by atoms with Gasteiger partial charge in [0.25, 0.3) is 0 Å². The van der Waals surface area contributed by atoms with E-state index in [0.717, 1.165) is 13.0 Å². The third-order valence-electron chi connectivity index (χ3n) is 4.61. The van der Waals surface area contributed by atoms with Gasteiger partial charge in [-0.05, 0) is 25.2 Å². The van der Waals surface area contributed by atoms with Gasteiger partial charge in [0.1, 0.15) is 13.1 Å². The number of carbonyl (C=O) groups excluding carboxylic acids is 3. The van der Waals surface area contributed by atoms with Crippen molar-refractivity contribution in [2.75, 3.05) is 32.9 Å². The number of imide groups is 1. The van der Waals surface area contributed by atoms with Gasteiger partial charge in [-0.3, -0.25) is 14.9 Å². The maximum Gasteiger partial charge on any atom is 0.325 e. The quantitative estimate of drug-likeness (QED) is 0.650. The molecule has 2 saturated heterocycles. The zero-order valence-corrected chi connectivity index (χ0v) is 13.1. The molecule has 0 unspecified atom stereocenters. The molecule has 1 saturated carbocycles. The molecule has 1 aliphatic carbocycles. The van der Waals surface area contributed by atoms with E-state index in [9.17, 15) is 14.4 Å². The van der Waals surface area contributed by atoms with E-state index in [2.05, 4.69) is 10.6 Å². The number of hydrogen-bond donors (Lipinski definition) is 2. The average molecular weight is 325 g/mol. The van der Waals surface area contributed by atoms with E-state index < -0.39 is 6.03 Å². The Labute approximate surface area is 134 Å². The summed E-state index contributed by atoms with van der Waals surface area (Å²) < 4.78 is 11.4. The first-order chi connectivity index (χ1) is 11.1. The van der Waals surface area contributed by atoms with Gasteiger partial charge in [-0.2, -0.15) is 0 Å². The van der Waals surface area contributed by atoms with Crippen molar-refractivity contribution in [3.05, 3.63) is 0 Å². The Bertz CT molecular complexity index is 480. The number of hydrogen-bond acceptors (Lipinski definition) is 5. The molecule has 2 atom stereocenters. The van der Waals surface area contributed by atoms with Crippen LogP contribution in [0.2, 0.25) is 0 Å². The molecule has 8 heteroatoms. The van der Waals surface area contributed by atoms with Crippen molar-refractivity contribution in [3.63, 3.8) is 0 Å². The van der Waals surface area contributed by atoms with Crippen molar-refractivity contribution in [2.24, 2.45) is 5.92 Å². The Hall–Kier alpha value is -1.67. The molecule has 4 amide bonds. The third-order valence-corrected chi connectivity index (χ3v) is 4.61. The minimum Gasteiger partial charge on any atom is -0.379 e. The SMILES string of the molecule is O=C1CN(CC(=O)N[C@@H]2COCC[C@@H]2OCC2CCC2)C(=O)N1. The van der Waals surface area contributed by atoms with Crippen LogP contribution in [0.1, 0.15) is 25.7 Å². The van der Waals surface area contributed by atoms with E-state index >= 15 is 0 Å². The van der Waals surface area contributed by atoms with Gasteiger partial charge in [0.05, 0.1) is 18.8 Å². The van der Waals surface area contributed by atoms with Crippen LogP contribution in [0.5, 0.6) is 0 Å². The average Bonchev–Trinajstić information content (AvgIpc) is 2.77. The summed E-state index contributed by atoms with van der Waals surface area (Å²) in [6, 6.07) is -0.736. The molecule has 3 fully saturated rings. The van der Waals surface area contributed by atoms with Crippen molar-refractivity contribution < 1.29 is 23.9 Å². The van der Waals surface area contributed by atoms with Crippen LogP contribution in [0.15, 0.2) is 0 Å². The zero-order valence-electron chi connectivity index (χ0n) is 13.1.